The molecule has 0 saturated carbocycles. The van der Waals surface area contributed by atoms with Crippen LogP contribution in [0.5, 0.6) is 5.75 Å². The molecule has 1 saturated heterocycles. The SMILES string of the molecule is Cc1nc(COc2ccc(C(=O)N(C)Cc3ccccc3N3CCCCC3)cc2)cs1. The summed E-state index contributed by atoms with van der Waals surface area (Å²) in [6.07, 6.45) is 3.78. The van der Waals surface area contributed by atoms with Crippen molar-refractivity contribution in [3.05, 3.63) is 75.7 Å². The normalized spacial score (nSPS) is 13.8. The predicted octanol–water partition coefficient (Wildman–Crippen LogP) is 5.29. The molecule has 162 valence electrons. The number of amides is 1. The molecule has 1 amide bonds. The van der Waals surface area contributed by atoms with Crippen LogP contribution in [0.25, 0.3) is 0 Å². The second kappa shape index (κ2) is 9.96. The molecule has 31 heavy (non-hydrogen) atoms. The molecule has 6 heteroatoms. The zero-order chi connectivity index (χ0) is 21.6. The minimum Gasteiger partial charge on any atom is -0.487 e. The number of nitrogens with zero attached hydrogens (tertiary/aromatic N) is 3. The highest BCUT2D eigenvalue weighted by molar-refractivity contribution is 7.09. The molecule has 0 bridgehead atoms. The van der Waals surface area contributed by atoms with E-state index < -0.39 is 0 Å². The Hall–Kier alpha value is -2.86. The maximum absolute atomic E-state index is 13.0. The quantitative estimate of drug-likeness (QED) is 0.506. The fourth-order valence-electron chi connectivity index (χ4n) is 3.96. The molecular weight excluding hydrogens is 406 g/mol. The highest BCUT2D eigenvalue weighted by Gasteiger charge is 2.17. The lowest BCUT2D eigenvalue weighted by atomic mass is 10.1. The number of carbonyl (C=O) groups is 1. The first-order valence-electron chi connectivity index (χ1n) is 10.8. The van der Waals surface area contributed by atoms with Gasteiger partial charge in [-0.2, -0.15) is 0 Å². The molecule has 1 aliphatic heterocycles. The number of para-hydroxylation sites is 1. The Morgan fingerprint density at radius 1 is 1.10 bits per heavy atom. The molecule has 2 aromatic carbocycles. The third-order valence-corrected chi connectivity index (χ3v) is 6.42. The summed E-state index contributed by atoms with van der Waals surface area (Å²) in [4.78, 5) is 21.6. The van der Waals surface area contributed by atoms with Crippen LogP contribution in [-0.4, -0.2) is 35.9 Å². The van der Waals surface area contributed by atoms with Crippen molar-refractivity contribution >= 4 is 22.9 Å². The number of aromatic nitrogens is 1. The van der Waals surface area contributed by atoms with E-state index in [1.54, 1.807) is 16.2 Å². The number of hydrogen-bond donors (Lipinski definition) is 0. The maximum atomic E-state index is 13.0. The number of aryl methyl sites for hydroxylation is 1. The van der Waals surface area contributed by atoms with Crippen LogP contribution in [0, 0.1) is 6.92 Å². The van der Waals surface area contributed by atoms with Crippen LogP contribution >= 0.6 is 11.3 Å². The topological polar surface area (TPSA) is 45.7 Å². The summed E-state index contributed by atoms with van der Waals surface area (Å²) in [5.74, 6) is 0.746. The zero-order valence-corrected chi connectivity index (χ0v) is 19.0. The van der Waals surface area contributed by atoms with Crippen molar-refractivity contribution in [2.24, 2.45) is 0 Å². The van der Waals surface area contributed by atoms with Gasteiger partial charge in [-0.05, 0) is 62.1 Å². The molecule has 0 radical (unpaired) electrons. The summed E-state index contributed by atoms with van der Waals surface area (Å²) in [5.41, 5.74) is 4.03. The van der Waals surface area contributed by atoms with Gasteiger partial charge in [-0.1, -0.05) is 18.2 Å². The van der Waals surface area contributed by atoms with Gasteiger partial charge in [0.25, 0.3) is 5.91 Å². The Labute approximate surface area is 188 Å². The summed E-state index contributed by atoms with van der Waals surface area (Å²) in [5, 5.41) is 3.04. The number of carbonyl (C=O) groups excluding carboxylic acids is 1. The van der Waals surface area contributed by atoms with Gasteiger partial charge in [0.15, 0.2) is 0 Å². The average molecular weight is 436 g/mol. The number of anilines is 1. The van der Waals surface area contributed by atoms with E-state index in [4.69, 9.17) is 4.74 Å². The number of rotatable bonds is 7. The van der Waals surface area contributed by atoms with Crippen LogP contribution in [0.1, 0.15) is 45.9 Å². The molecule has 1 aromatic heterocycles. The van der Waals surface area contributed by atoms with E-state index in [0.717, 1.165) is 29.5 Å². The smallest absolute Gasteiger partial charge is 0.253 e. The Morgan fingerprint density at radius 2 is 1.84 bits per heavy atom. The van der Waals surface area contributed by atoms with E-state index in [9.17, 15) is 4.79 Å². The largest absolute Gasteiger partial charge is 0.487 e. The zero-order valence-electron chi connectivity index (χ0n) is 18.2. The van der Waals surface area contributed by atoms with Crippen molar-refractivity contribution < 1.29 is 9.53 Å². The third kappa shape index (κ3) is 5.44. The van der Waals surface area contributed by atoms with Gasteiger partial charge >= 0.3 is 0 Å². The van der Waals surface area contributed by atoms with Crippen LogP contribution in [0.15, 0.2) is 53.9 Å². The van der Waals surface area contributed by atoms with Gasteiger partial charge in [0, 0.05) is 43.3 Å². The van der Waals surface area contributed by atoms with E-state index >= 15 is 0 Å². The number of benzene rings is 2. The van der Waals surface area contributed by atoms with Gasteiger partial charge in [-0.3, -0.25) is 4.79 Å². The lowest BCUT2D eigenvalue weighted by molar-refractivity contribution is 0.0785. The predicted molar refractivity (Wildman–Crippen MR) is 126 cm³/mol. The van der Waals surface area contributed by atoms with Crippen LogP contribution in [0.4, 0.5) is 5.69 Å². The highest BCUT2D eigenvalue weighted by Crippen LogP contribution is 2.25. The second-order valence-electron chi connectivity index (χ2n) is 8.01. The van der Waals surface area contributed by atoms with Gasteiger partial charge in [-0.15, -0.1) is 11.3 Å². The summed E-state index contributed by atoms with van der Waals surface area (Å²) < 4.78 is 5.79. The van der Waals surface area contributed by atoms with Crippen molar-refractivity contribution in [1.29, 1.82) is 0 Å². The fourth-order valence-corrected chi connectivity index (χ4v) is 4.56. The van der Waals surface area contributed by atoms with Crippen LogP contribution in [0.2, 0.25) is 0 Å². The van der Waals surface area contributed by atoms with E-state index in [0.29, 0.717) is 18.7 Å². The average Bonchev–Trinajstić information content (AvgIpc) is 3.23. The standard InChI is InChI=1S/C25H29N3O2S/c1-19-26-22(18-31-19)17-30-23-12-10-20(11-13-23)25(29)27(2)16-21-8-4-5-9-24(21)28-14-6-3-7-15-28/h4-5,8-13,18H,3,6-7,14-17H2,1-2H3. The van der Waals surface area contributed by atoms with E-state index in [1.165, 1.54) is 30.5 Å². The van der Waals surface area contributed by atoms with Crippen LogP contribution in [0.3, 0.4) is 0 Å². The molecule has 2 heterocycles. The van der Waals surface area contributed by atoms with Gasteiger partial charge < -0.3 is 14.5 Å². The van der Waals surface area contributed by atoms with Crippen molar-refractivity contribution in [2.75, 3.05) is 25.0 Å². The third-order valence-electron chi connectivity index (χ3n) is 5.60. The first-order chi connectivity index (χ1) is 15.1. The summed E-state index contributed by atoms with van der Waals surface area (Å²) in [7, 11) is 1.87. The summed E-state index contributed by atoms with van der Waals surface area (Å²) in [6.45, 7) is 5.20. The van der Waals surface area contributed by atoms with Crippen molar-refractivity contribution in [2.45, 2.75) is 39.3 Å². The second-order valence-corrected chi connectivity index (χ2v) is 9.07. The lowest BCUT2D eigenvalue weighted by Gasteiger charge is -2.31. The first-order valence-corrected chi connectivity index (χ1v) is 11.7. The summed E-state index contributed by atoms with van der Waals surface area (Å²) >= 11 is 1.62. The molecule has 0 atom stereocenters. The molecule has 0 N–H and O–H groups in total. The van der Waals surface area contributed by atoms with Gasteiger partial charge in [0.05, 0.1) is 10.7 Å². The Balaban J connectivity index is 1.38. The number of piperidine rings is 1. The van der Waals surface area contributed by atoms with Crippen molar-refractivity contribution in [1.82, 2.24) is 9.88 Å². The highest BCUT2D eigenvalue weighted by atomic mass is 32.1. The van der Waals surface area contributed by atoms with E-state index in [2.05, 4.69) is 34.1 Å². The van der Waals surface area contributed by atoms with Crippen molar-refractivity contribution in [3.63, 3.8) is 0 Å². The Bertz CT molecular complexity index is 1010. The van der Waals surface area contributed by atoms with E-state index in [1.807, 2.05) is 43.6 Å². The first kappa shape index (κ1) is 21.4. The lowest BCUT2D eigenvalue weighted by Crippen LogP contribution is -2.32. The molecule has 1 aliphatic rings. The Morgan fingerprint density at radius 3 is 2.55 bits per heavy atom. The molecule has 0 spiro atoms. The number of hydrogen-bond acceptors (Lipinski definition) is 5. The summed E-state index contributed by atoms with van der Waals surface area (Å²) in [6, 6.07) is 15.8. The number of ether oxygens (including phenoxy) is 1. The molecule has 0 unspecified atom stereocenters. The van der Waals surface area contributed by atoms with Crippen LogP contribution < -0.4 is 9.64 Å². The molecule has 4 rings (SSSR count). The molecule has 0 aliphatic carbocycles. The maximum Gasteiger partial charge on any atom is 0.253 e. The van der Waals surface area contributed by atoms with Crippen LogP contribution in [-0.2, 0) is 13.2 Å². The van der Waals surface area contributed by atoms with Crippen molar-refractivity contribution in [3.8, 4) is 5.75 Å². The van der Waals surface area contributed by atoms with Gasteiger partial charge in [0.1, 0.15) is 12.4 Å². The molecule has 3 aromatic rings. The molecular formula is C25H29N3O2S. The minimum absolute atomic E-state index is 0.00937. The monoisotopic (exact) mass is 435 g/mol. The fraction of sp³-hybridized carbons (Fsp3) is 0.360. The Kier molecular flexibility index (Phi) is 6.87. The van der Waals surface area contributed by atoms with Gasteiger partial charge in [-0.25, -0.2) is 4.98 Å². The van der Waals surface area contributed by atoms with Gasteiger partial charge in [0.2, 0.25) is 0 Å². The molecule has 1 fully saturated rings. The molecule has 5 nitrogen and oxygen atoms in total. The minimum atomic E-state index is 0.00937. The number of thiazole rings is 1. The van der Waals surface area contributed by atoms with E-state index in [-0.39, 0.29) is 5.91 Å².